The van der Waals surface area contributed by atoms with Gasteiger partial charge in [-0.1, -0.05) is 24.3 Å². The minimum Gasteiger partial charge on any atom is -0.347 e. The Labute approximate surface area is 139 Å². The molecule has 1 aliphatic rings. The summed E-state index contributed by atoms with van der Waals surface area (Å²) in [5.74, 6) is 0.418. The van der Waals surface area contributed by atoms with Crippen LogP contribution in [0.1, 0.15) is 46.1 Å². The van der Waals surface area contributed by atoms with E-state index in [0.717, 1.165) is 16.8 Å². The number of nitrogens with zero attached hydrogens (tertiary/aromatic N) is 4. The molecule has 7 heteroatoms. The number of H-pyrrole nitrogens is 1. The molecule has 0 radical (unpaired) electrons. The van der Waals surface area contributed by atoms with Crippen molar-refractivity contribution in [2.75, 3.05) is 0 Å². The van der Waals surface area contributed by atoms with E-state index in [-0.39, 0.29) is 5.91 Å². The molecule has 122 valence electrons. The van der Waals surface area contributed by atoms with Crippen molar-refractivity contribution in [3.05, 3.63) is 65.5 Å². The summed E-state index contributed by atoms with van der Waals surface area (Å²) >= 11 is 0. The van der Waals surface area contributed by atoms with Gasteiger partial charge in [0.2, 0.25) is 0 Å². The summed E-state index contributed by atoms with van der Waals surface area (Å²) in [5.41, 5.74) is 3.71. The molecule has 1 saturated carbocycles. The van der Waals surface area contributed by atoms with Gasteiger partial charge < -0.3 is 5.32 Å². The van der Waals surface area contributed by atoms with Gasteiger partial charge in [-0.15, -0.1) is 0 Å². The molecule has 0 saturated heterocycles. The molecule has 1 aliphatic carbocycles. The van der Waals surface area contributed by atoms with E-state index in [2.05, 4.69) is 25.6 Å². The number of aromatic nitrogens is 5. The zero-order valence-corrected chi connectivity index (χ0v) is 13.1. The minimum atomic E-state index is -0.148. The normalized spacial score (nSPS) is 13.8. The van der Waals surface area contributed by atoms with Gasteiger partial charge >= 0.3 is 0 Å². The average Bonchev–Trinajstić information content (AvgIpc) is 3.11. The number of hydrogen-bond acceptors (Lipinski definition) is 4. The second-order valence-electron chi connectivity index (χ2n) is 6.08. The highest BCUT2D eigenvalue weighted by Gasteiger charge is 2.26. The van der Waals surface area contributed by atoms with Crippen molar-refractivity contribution in [1.82, 2.24) is 30.3 Å². The van der Waals surface area contributed by atoms with E-state index < -0.39 is 0 Å². The molecule has 2 aromatic heterocycles. The monoisotopic (exact) mass is 322 g/mol. The second kappa shape index (κ2) is 6.27. The molecule has 2 N–H and O–H groups in total. The van der Waals surface area contributed by atoms with Gasteiger partial charge in [0.25, 0.3) is 5.91 Å². The standard InChI is InChI=1S/C17H18N6O/c24-17(16-7-15(21-22-16)14-5-6-14)19-8-12-1-3-13(4-2-12)9-23-11-18-10-20-23/h1-4,7,10-11,14H,5-6,8-9H2,(H,19,24)(H,21,22). The summed E-state index contributed by atoms with van der Waals surface area (Å²) in [7, 11) is 0. The van der Waals surface area contributed by atoms with Gasteiger partial charge in [-0.3, -0.25) is 9.89 Å². The van der Waals surface area contributed by atoms with E-state index in [1.54, 1.807) is 11.0 Å². The van der Waals surface area contributed by atoms with Gasteiger partial charge in [0.15, 0.2) is 0 Å². The molecular formula is C17H18N6O. The minimum absolute atomic E-state index is 0.148. The zero-order chi connectivity index (χ0) is 16.4. The van der Waals surface area contributed by atoms with E-state index in [9.17, 15) is 4.79 Å². The van der Waals surface area contributed by atoms with Crippen molar-refractivity contribution >= 4 is 5.91 Å². The van der Waals surface area contributed by atoms with Crippen LogP contribution in [0.5, 0.6) is 0 Å². The van der Waals surface area contributed by atoms with Gasteiger partial charge in [0.05, 0.1) is 6.54 Å². The Kier molecular flexibility index (Phi) is 3.82. The topological polar surface area (TPSA) is 88.5 Å². The van der Waals surface area contributed by atoms with E-state index in [0.29, 0.717) is 24.7 Å². The number of amides is 1. The van der Waals surface area contributed by atoms with Crippen molar-refractivity contribution in [1.29, 1.82) is 0 Å². The van der Waals surface area contributed by atoms with Crippen molar-refractivity contribution in [3.63, 3.8) is 0 Å². The fraction of sp³-hybridized carbons (Fsp3) is 0.294. The maximum absolute atomic E-state index is 12.1. The van der Waals surface area contributed by atoms with Crippen molar-refractivity contribution in [2.24, 2.45) is 0 Å². The van der Waals surface area contributed by atoms with Crippen LogP contribution in [0.15, 0.2) is 43.0 Å². The Bertz CT molecular complexity index is 817. The first-order chi connectivity index (χ1) is 11.8. The van der Waals surface area contributed by atoms with Crippen LogP contribution in [-0.4, -0.2) is 30.9 Å². The highest BCUT2D eigenvalue weighted by Crippen LogP contribution is 2.38. The first-order valence-electron chi connectivity index (χ1n) is 8.01. The molecule has 7 nitrogen and oxygen atoms in total. The number of carbonyl (C=O) groups is 1. The first kappa shape index (κ1) is 14.6. The van der Waals surface area contributed by atoms with Gasteiger partial charge in [-0.2, -0.15) is 10.2 Å². The largest absolute Gasteiger partial charge is 0.347 e. The Hall–Kier alpha value is -2.96. The summed E-state index contributed by atoms with van der Waals surface area (Å²) < 4.78 is 1.77. The number of carbonyl (C=O) groups excluding carboxylic acids is 1. The molecule has 0 spiro atoms. The number of rotatable bonds is 6. The molecule has 0 unspecified atom stereocenters. The van der Waals surface area contributed by atoms with Crippen LogP contribution in [0.25, 0.3) is 0 Å². The van der Waals surface area contributed by atoms with Gasteiger partial charge in [0.1, 0.15) is 18.3 Å². The predicted molar refractivity (Wildman–Crippen MR) is 87.3 cm³/mol. The Balaban J connectivity index is 1.32. The van der Waals surface area contributed by atoms with Crippen molar-refractivity contribution in [2.45, 2.75) is 31.8 Å². The lowest BCUT2D eigenvalue weighted by atomic mass is 10.1. The van der Waals surface area contributed by atoms with Crippen molar-refractivity contribution < 1.29 is 4.79 Å². The van der Waals surface area contributed by atoms with E-state index >= 15 is 0 Å². The fourth-order valence-corrected chi connectivity index (χ4v) is 2.59. The first-order valence-corrected chi connectivity index (χ1v) is 8.01. The third-order valence-corrected chi connectivity index (χ3v) is 4.13. The SMILES string of the molecule is O=C(NCc1ccc(Cn2cncn2)cc1)c1cc(C2CC2)[nH]n1. The van der Waals surface area contributed by atoms with Crippen LogP contribution < -0.4 is 5.32 Å². The van der Waals surface area contributed by atoms with Crippen LogP contribution in [0.3, 0.4) is 0 Å². The number of hydrogen-bond donors (Lipinski definition) is 2. The predicted octanol–water partition coefficient (Wildman–Crippen LogP) is 1.86. The van der Waals surface area contributed by atoms with Crippen LogP contribution in [0.4, 0.5) is 0 Å². The van der Waals surface area contributed by atoms with E-state index in [1.807, 2.05) is 30.3 Å². The van der Waals surface area contributed by atoms with E-state index in [4.69, 9.17) is 0 Å². The highest BCUT2D eigenvalue weighted by molar-refractivity contribution is 5.92. The Morgan fingerprint density at radius 2 is 2.04 bits per heavy atom. The number of nitrogens with one attached hydrogen (secondary N) is 2. The fourth-order valence-electron chi connectivity index (χ4n) is 2.59. The van der Waals surface area contributed by atoms with Gasteiger partial charge in [0, 0.05) is 18.2 Å². The molecule has 24 heavy (non-hydrogen) atoms. The smallest absolute Gasteiger partial charge is 0.272 e. The second-order valence-corrected chi connectivity index (χ2v) is 6.08. The number of aromatic amines is 1. The molecule has 0 atom stereocenters. The zero-order valence-electron chi connectivity index (χ0n) is 13.1. The Morgan fingerprint density at radius 3 is 2.75 bits per heavy atom. The van der Waals surface area contributed by atoms with Crippen LogP contribution in [0.2, 0.25) is 0 Å². The summed E-state index contributed by atoms with van der Waals surface area (Å²) in [6, 6.07) is 9.93. The maximum Gasteiger partial charge on any atom is 0.272 e. The van der Waals surface area contributed by atoms with Gasteiger partial charge in [-0.05, 0) is 30.0 Å². The highest BCUT2D eigenvalue weighted by atomic mass is 16.1. The molecule has 4 rings (SSSR count). The summed E-state index contributed by atoms with van der Waals surface area (Å²) in [6.45, 7) is 1.16. The lowest BCUT2D eigenvalue weighted by molar-refractivity contribution is 0.0946. The number of benzene rings is 1. The van der Waals surface area contributed by atoms with Crippen molar-refractivity contribution in [3.8, 4) is 0 Å². The lowest BCUT2D eigenvalue weighted by Crippen LogP contribution is -2.23. The average molecular weight is 322 g/mol. The summed E-state index contributed by atoms with van der Waals surface area (Å²) in [5, 5.41) is 14.0. The molecule has 3 aromatic rings. The molecule has 0 bridgehead atoms. The maximum atomic E-state index is 12.1. The van der Waals surface area contributed by atoms with Crippen LogP contribution >= 0.6 is 0 Å². The third-order valence-electron chi connectivity index (χ3n) is 4.13. The quantitative estimate of drug-likeness (QED) is 0.725. The molecule has 1 amide bonds. The summed E-state index contributed by atoms with van der Waals surface area (Å²) in [4.78, 5) is 16.1. The lowest BCUT2D eigenvalue weighted by Gasteiger charge is -2.05. The molecular weight excluding hydrogens is 304 g/mol. The molecule has 1 fully saturated rings. The van der Waals surface area contributed by atoms with Crippen LogP contribution in [0, 0.1) is 0 Å². The van der Waals surface area contributed by atoms with Gasteiger partial charge in [-0.25, -0.2) is 9.67 Å². The van der Waals surface area contributed by atoms with E-state index in [1.165, 1.54) is 19.2 Å². The Morgan fingerprint density at radius 1 is 1.25 bits per heavy atom. The third kappa shape index (κ3) is 3.34. The summed E-state index contributed by atoms with van der Waals surface area (Å²) in [6.07, 6.45) is 5.58. The molecule has 0 aliphatic heterocycles. The molecule has 1 aromatic carbocycles. The van der Waals surface area contributed by atoms with Crippen LogP contribution in [-0.2, 0) is 13.1 Å². The molecule has 2 heterocycles.